The monoisotopic (exact) mass is 411 g/mol. The fourth-order valence-corrected chi connectivity index (χ4v) is 7.09. The number of aliphatic carboxylic acids is 1. The predicted molar refractivity (Wildman–Crippen MR) is 106 cm³/mol. The van der Waals surface area contributed by atoms with Crippen LogP contribution in [0, 0.1) is 0 Å². The lowest BCUT2D eigenvalue weighted by atomic mass is 10.2. The Morgan fingerprint density at radius 1 is 1.22 bits per heavy atom. The van der Waals surface area contributed by atoms with Crippen molar-refractivity contribution in [1.29, 1.82) is 0 Å². The molecule has 1 aromatic rings. The van der Waals surface area contributed by atoms with Crippen molar-refractivity contribution < 1.29 is 23.1 Å². The maximum atomic E-state index is 12.1. The van der Waals surface area contributed by atoms with Crippen LogP contribution in [-0.2, 0) is 19.4 Å². The average molecular weight is 412 g/mol. The highest BCUT2D eigenvalue weighted by Crippen LogP contribution is 2.41. The van der Waals surface area contributed by atoms with Crippen LogP contribution in [-0.4, -0.2) is 67.5 Å². The molecular formula is C17H21N3O5S2. The van der Waals surface area contributed by atoms with Crippen LogP contribution in [0.4, 0.5) is 11.4 Å². The molecule has 2 aliphatic heterocycles. The third kappa shape index (κ3) is 4.44. The van der Waals surface area contributed by atoms with E-state index in [0.29, 0.717) is 5.17 Å². The van der Waals surface area contributed by atoms with Crippen LogP contribution in [0.3, 0.4) is 0 Å². The van der Waals surface area contributed by atoms with E-state index in [-0.39, 0.29) is 35.6 Å². The highest BCUT2D eigenvalue weighted by molar-refractivity contribution is 8.16. The summed E-state index contributed by atoms with van der Waals surface area (Å²) in [5.41, 5.74) is 1.76. The summed E-state index contributed by atoms with van der Waals surface area (Å²) < 4.78 is 24.1. The van der Waals surface area contributed by atoms with Crippen LogP contribution in [0.1, 0.15) is 12.8 Å². The lowest BCUT2D eigenvalue weighted by molar-refractivity contribution is -0.138. The first-order valence-electron chi connectivity index (χ1n) is 8.43. The molecule has 1 amide bonds. The Balaban J connectivity index is 1.90. The van der Waals surface area contributed by atoms with Gasteiger partial charge < -0.3 is 14.9 Å². The molecule has 1 N–H and O–H groups in total. The van der Waals surface area contributed by atoms with E-state index in [1.54, 1.807) is 4.90 Å². The summed E-state index contributed by atoms with van der Waals surface area (Å²) in [6.45, 7) is 0. The zero-order chi connectivity index (χ0) is 19.8. The molecular weight excluding hydrogens is 390 g/mol. The molecule has 0 spiro atoms. The lowest BCUT2D eigenvalue weighted by Gasteiger charge is -2.25. The Labute approximate surface area is 162 Å². The van der Waals surface area contributed by atoms with Crippen LogP contribution in [0.2, 0.25) is 0 Å². The van der Waals surface area contributed by atoms with Gasteiger partial charge in [-0.1, -0.05) is 11.8 Å². The Morgan fingerprint density at radius 2 is 1.89 bits per heavy atom. The van der Waals surface area contributed by atoms with Gasteiger partial charge in [-0.15, -0.1) is 0 Å². The molecule has 2 heterocycles. The van der Waals surface area contributed by atoms with Gasteiger partial charge in [-0.05, 0) is 24.3 Å². The van der Waals surface area contributed by atoms with Gasteiger partial charge in [0, 0.05) is 37.1 Å². The Bertz CT molecular complexity index is 880. The van der Waals surface area contributed by atoms with Crippen molar-refractivity contribution in [3.8, 4) is 0 Å². The number of carbonyl (C=O) groups is 2. The van der Waals surface area contributed by atoms with Crippen LogP contribution < -0.4 is 9.80 Å². The number of thioether (sulfide) groups is 1. The molecule has 8 nitrogen and oxygen atoms in total. The molecule has 0 saturated carbocycles. The summed E-state index contributed by atoms with van der Waals surface area (Å²) in [5.74, 6) is -1.50. The standard InChI is InChI=1S/C17H21N3O5S2/c1-19(2)11-3-5-12(6-4-11)20-13-9-27(24,25)10-14(13)26-17(20)18-15(21)7-8-16(22)23/h3-6,13-14H,7-10H2,1-2H3,(H,22,23). The van der Waals surface area contributed by atoms with E-state index < -0.39 is 21.7 Å². The molecule has 2 unspecified atom stereocenters. The summed E-state index contributed by atoms with van der Waals surface area (Å²) in [7, 11) is 0.720. The van der Waals surface area contributed by atoms with E-state index in [2.05, 4.69) is 4.99 Å². The number of anilines is 2. The minimum Gasteiger partial charge on any atom is -0.481 e. The number of amidine groups is 1. The highest BCUT2D eigenvalue weighted by Gasteiger charge is 2.49. The minimum atomic E-state index is -3.13. The van der Waals surface area contributed by atoms with Crippen molar-refractivity contribution in [2.75, 3.05) is 35.4 Å². The molecule has 27 heavy (non-hydrogen) atoms. The maximum absolute atomic E-state index is 12.1. The topological polar surface area (TPSA) is 107 Å². The molecule has 3 rings (SSSR count). The van der Waals surface area contributed by atoms with Crippen LogP contribution in [0.15, 0.2) is 29.3 Å². The van der Waals surface area contributed by atoms with Crippen molar-refractivity contribution in [2.45, 2.75) is 24.1 Å². The van der Waals surface area contributed by atoms with Crippen molar-refractivity contribution in [1.82, 2.24) is 0 Å². The zero-order valence-corrected chi connectivity index (χ0v) is 16.7. The summed E-state index contributed by atoms with van der Waals surface area (Å²) in [6.07, 6.45) is -0.459. The van der Waals surface area contributed by atoms with Gasteiger partial charge in [0.05, 0.1) is 24.0 Å². The van der Waals surface area contributed by atoms with Gasteiger partial charge in [-0.2, -0.15) is 4.99 Å². The number of nitrogens with zero attached hydrogens (tertiary/aromatic N) is 3. The lowest BCUT2D eigenvalue weighted by Crippen LogP contribution is -2.37. The summed E-state index contributed by atoms with van der Waals surface area (Å²) in [5, 5.41) is 8.98. The second kappa shape index (κ2) is 7.51. The van der Waals surface area contributed by atoms with Gasteiger partial charge in [0.25, 0.3) is 0 Å². The van der Waals surface area contributed by atoms with E-state index in [1.165, 1.54) is 11.8 Å². The molecule has 0 aromatic heterocycles. The summed E-state index contributed by atoms with van der Waals surface area (Å²) in [4.78, 5) is 30.6. The number of fused-ring (bicyclic) bond motifs is 1. The number of aliphatic imine (C=N–C) groups is 1. The number of rotatable bonds is 5. The molecule has 10 heteroatoms. The minimum absolute atomic E-state index is 0.0163. The Hall–Kier alpha value is -2.07. The van der Waals surface area contributed by atoms with E-state index in [9.17, 15) is 18.0 Å². The number of carboxylic acid groups (broad SMARTS) is 1. The highest BCUT2D eigenvalue weighted by atomic mass is 32.2. The molecule has 0 aliphatic carbocycles. The third-order valence-electron chi connectivity index (χ3n) is 4.48. The van der Waals surface area contributed by atoms with E-state index in [0.717, 1.165) is 11.4 Å². The number of hydrogen-bond acceptors (Lipinski definition) is 6. The number of benzene rings is 1. The molecule has 1 aromatic carbocycles. The average Bonchev–Trinajstić information content (AvgIpc) is 3.03. The molecule has 146 valence electrons. The number of carbonyl (C=O) groups excluding carboxylic acids is 1. The van der Waals surface area contributed by atoms with Crippen LogP contribution in [0.25, 0.3) is 0 Å². The largest absolute Gasteiger partial charge is 0.481 e. The number of carboxylic acids is 1. The van der Waals surface area contributed by atoms with Gasteiger partial charge in [0.15, 0.2) is 15.0 Å². The summed E-state index contributed by atoms with van der Waals surface area (Å²) in [6, 6.07) is 7.30. The van der Waals surface area contributed by atoms with Crippen molar-refractivity contribution in [2.24, 2.45) is 4.99 Å². The Morgan fingerprint density at radius 3 is 2.48 bits per heavy atom. The first kappa shape index (κ1) is 19.7. The van der Waals surface area contributed by atoms with E-state index in [1.807, 2.05) is 43.3 Å². The van der Waals surface area contributed by atoms with E-state index >= 15 is 0 Å². The SMILES string of the molecule is CN(C)c1ccc(N2C(=NC(=O)CCC(=O)O)SC3CS(=O)(=O)CC32)cc1. The maximum Gasteiger partial charge on any atom is 0.303 e. The molecule has 2 fully saturated rings. The number of sulfone groups is 1. The van der Waals surface area contributed by atoms with Crippen molar-refractivity contribution >= 4 is 50.0 Å². The van der Waals surface area contributed by atoms with Gasteiger partial charge in [-0.3, -0.25) is 9.59 Å². The smallest absolute Gasteiger partial charge is 0.303 e. The molecule has 0 bridgehead atoms. The quantitative estimate of drug-likeness (QED) is 0.771. The third-order valence-corrected chi connectivity index (χ3v) is 7.69. The molecule has 0 radical (unpaired) electrons. The van der Waals surface area contributed by atoms with Crippen LogP contribution >= 0.6 is 11.8 Å². The first-order valence-corrected chi connectivity index (χ1v) is 11.1. The Kier molecular flexibility index (Phi) is 5.48. The van der Waals surface area contributed by atoms with Gasteiger partial charge in [0.2, 0.25) is 5.91 Å². The second-order valence-corrected chi connectivity index (χ2v) is 10.1. The fraction of sp³-hybridized carbons (Fsp3) is 0.471. The van der Waals surface area contributed by atoms with Gasteiger partial charge in [0.1, 0.15) is 0 Å². The molecule has 2 saturated heterocycles. The predicted octanol–water partition coefficient (Wildman–Crippen LogP) is 1.22. The number of amides is 1. The zero-order valence-electron chi connectivity index (χ0n) is 15.0. The van der Waals surface area contributed by atoms with E-state index in [4.69, 9.17) is 5.11 Å². The molecule has 2 aliphatic rings. The normalized spacial score (nSPS) is 24.8. The summed E-state index contributed by atoms with van der Waals surface area (Å²) >= 11 is 1.28. The van der Waals surface area contributed by atoms with Crippen molar-refractivity contribution in [3.63, 3.8) is 0 Å². The van der Waals surface area contributed by atoms with Gasteiger partial charge in [-0.25, -0.2) is 8.42 Å². The van der Waals surface area contributed by atoms with Crippen molar-refractivity contribution in [3.05, 3.63) is 24.3 Å². The molecule has 2 atom stereocenters. The number of hydrogen-bond donors (Lipinski definition) is 1. The first-order chi connectivity index (χ1) is 12.7. The van der Waals surface area contributed by atoms with Gasteiger partial charge >= 0.3 is 5.97 Å². The van der Waals surface area contributed by atoms with Crippen LogP contribution in [0.5, 0.6) is 0 Å². The second-order valence-electron chi connectivity index (χ2n) is 6.76. The fourth-order valence-electron chi connectivity index (χ4n) is 3.15.